The van der Waals surface area contributed by atoms with Crippen molar-refractivity contribution >= 4 is 18.0 Å². The highest BCUT2D eigenvalue weighted by molar-refractivity contribution is 5.81. The minimum Gasteiger partial charge on any atom is -0.481 e. The van der Waals surface area contributed by atoms with Crippen molar-refractivity contribution < 1.29 is 24.2 Å². The van der Waals surface area contributed by atoms with Crippen molar-refractivity contribution in [1.82, 2.24) is 10.6 Å². The number of carbonyl (C=O) groups excluding carboxylic acids is 2. The summed E-state index contributed by atoms with van der Waals surface area (Å²) in [5.74, 6) is -1.75. The number of hydrogen-bond acceptors (Lipinski definition) is 4. The number of alkyl carbamates (subject to hydrolysis) is 1. The van der Waals surface area contributed by atoms with Gasteiger partial charge in [0.2, 0.25) is 5.91 Å². The van der Waals surface area contributed by atoms with Crippen molar-refractivity contribution in [2.75, 3.05) is 13.2 Å². The average molecular weight is 481 g/mol. The van der Waals surface area contributed by atoms with E-state index in [4.69, 9.17) is 9.84 Å². The van der Waals surface area contributed by atoms with Gasteiger partial charge < -0.3 is 20.5 Å². The summed E-state index contributed by atoms with van der Waals surface area (Å²) in [7, 11) is 0. The van der Waals surface area contributed by atoms with E-state index in [2.05, 4.69) is 34.9 Å². The molecule has 7 heteroatoms. The number of nitrogens with one attached hydrogen (secondary N) is 2. The summed E-state index contributed by atoms with van der Waals surface area (Å²) < 4.78 is 5.60. The van der Waals surface area contributed by atoms with Gasteiger partial charge in [0.05, 0.1) is 12.3 Å². The van der Waals surface area contributed by atoms with Crippen molar-refractivity contribution in [3.63, 3.8) is 0 Å². The fourth-order valence-electron chi connectivity index (χ4n) is 4.68. The molecule has 1 aliphatic rings. The summed E-state index contributed by atoms with van der Waals surface area (Å²) in [4.78, 5) is 36.6. The monoisotopic (exact) mass is 480 g/mol. The van der Waals surface area contributed by atoms with Gasteiger partial charge in [-0.3, -0.25) is 9.59 Å². The maximum absolute atomic E-state index is 12.9. The molecule has 35 heavy (non-hydrogen) atoms. The molecule has 0 fully saturated rings. The molecule has 188 valence electrons. The van der Waals surface area contributed by atoms with Gasteiger partial charge in [0.1, 0.15) is 6.61 Å². The van der Waals surface area contributed by atoms with Crippen LogP contribution in [0.15, 0.2) is 48.5 Å². The number of hydrogen-bond donors (Lipinski definition) is 3. The molecular formula is C28H36N2O5. The Morgan fingerprint density at radius 3 is 2.09 bits per heavy atom. The number of fused-ring (bicyclic) bond motifs is 3. The lowest BCUT2D eigenvalue weighted by Crippen LogP contribution is -2.45. The molecule has 3 N–H and O–H groups in total. The molecule has 0 aromatic heterocycles. The number of rotatable bonds is 10. The second-order valence-corrected chi connectivity index (χ2v) is 10.4. The third kappa shape index (κ3) is 7.07. The number of carboxylic acids is 1. The summed E-state index contributed by atoms with van der Waals surface area (Å²) in [6, 6.07) is 15.8. The lowest BCUT2D eigenvalue weighted by Gasteiger charge is -2.27. The normalized spacial score (nSPS) is 14.4. The first-order chi connectivity index (χ1) is 16.6. The quantitative estimate of drug-likeness (QED) is 0.446. The third-order valence-corrected chi connectivity index (χ3v) is 6.33. The molecule has 7 nitrogen and oxygen atoms in total. The molecule has 2 aromatic carbocycles. The lowest BCUT2D eigenvalue weighted by atomic mass is 9.84. The Bertz CT molecular complexity index is 1010. The smallest absolute Gasteiger partial charge is 0.407 e. The van der Waals surface area contributed by atoms with E-state index in [0.29, 0.717) is 12.8 Å². The molecule has 0 radical (unpaired) electrons. The second-order valence-electron chi connectivity index (χ2n) is 10.4. The van der Waals surface area contributed by atoms with Gasteiger partial charge in [0.15, 0.2) is 0 Å². The van der Waals surface area contributed by atoms with Gasteiger partial charge in [-0.1, -0.05) is 76.2 Å². The van der Waals surface area contributed by atoms with E-state index in [9.17, 15) is 14.4 Å². The molecule has 0 spiro atoms. The molecule has 1 aliphatic carbocycles. The standard InChI is InChI=1S/C28H36N2O5/c1-5-19(14-25(31)32)30-26(33)18(15-28(2,3)4)16-29-27(34)35-17-24-22-12-8-6-10-20(22)21-11-7-9-13-23(21)24/h6-13,18-19,24H,5,14-17H2,1-4H3,(H,29,34)(H,30,33)(H,31,32)/t18?,19-/m1/s1. The molecule has 0 bridgehead atoms. The zero-order valence-corrected chi connectivity index (χ0v) is 21.0. The number of amides is 2. The predicted molar refractivity (Wildman–Crippen MR) is 135 cm³/mol. The largest absolute Gasteiger partial charge is 0.481 e. The molecule has 2 atom stereocenters. The Kier molecular flexibility index (Phi) is 8.54. The SMILES string of the molecule is CC[C@H](CC(=O)O)NC(=O)C(CNC(=O)OCC1c2ccccc2-c2ccccc21)CC(C)(C)C. The van der Waals surface area contributed by atoms with Crippen molar-refractivity contribution in [3.05, 3.63) is 59.7 Å². The van der Waals surface area contributed by atoms with Crippen molar-refractivity contribution in [1.29, 1.82) is 0 Å². The van der Waals surface area contributed by atoms with Crippen LogP contribution in [-0.4, -0.2) is 42.3 Å². The first kappa shape index (κ1) is 26.3. The molecule has 3 rings (SSSR count). The van der Waals surface area contributed by atoms with E-state index in [-0.39, 0.29) is 36.8 Å². The van der Waals surface area contributed by atoms with Crippen LogP contribution in [0.2, 0.25) is 0 Å². The first-order valence-corrected chi connectivity index (χ1v) is 12.2. The Morgan fingerprint density at radius 2 is 1.57 bits per heavy atom. The molecule has 0 saturated heterocycles. The summed E-state index contributed by atoms with van der Waals surface area (Å²) in [6.45, 7) is 8.22. The highest BCUT2D eigenvalue weighted by atomic mass is 16.5. The molecular weight excluding hydrogens is 444 g/mol. The van der Waals surface area contributed by atoms with Crippen LogP contribution < -0.4 is 10.6 Å². The molecule has 0 saturated carbocycles. The van der Waals surface area contributed by atoms with Gasteiger partial charge >= 0.3 is 12.1 Å². The summed E-state index contributed by atoms with van der Waals surface area (Å²) in [6.07, 6.45) is 0.340. The third-order valence-electron chi connectivity index (χ3n) is 6.33. The molecule has 2 aromatic rings. The number of aliphatic carboxylic acids is 1. The minimum absolute atomic E-state index is 0.0387. The molecule has 1 unspecified atom stereocenters. The average Bonchev–Trinajstić information content (AvgIpc) is 3.12. The number of carbonyl (C=O) groups is 3. The zero-order valence-electron chi connectivity index (χ0n) is 21.0. The van der Waals surface area contributed by atoms with Gasteiger partial charge in [-0.2, -0.15) is 0 Å². The van der Waals surface area contributed by atoms with Crippen molar-refractivity contribution in [2.24, 2.45) is 11.3 Å². The Hall–Kier alpha value is -3.35. The van der Waals surface area contributed by atoms with Crippen molar-refractivity contribution in [3.8, 4) is 11.1 Å². The van der Waals surface area contributed by atoms with E-state index in [0.717, 1.165) is 22.3 Å². The predicted octanol–water partition coefficient (Wildman–Crippen LogP) is 4.95. The van der Waals surface area contributed by atoms with Gasteiger partial charge in [0, 0.05) is 18.5 Å². The van der Waals surface area contributed by atoms with Gasteiger partial charge in [-0.05, 0) is 40.5 Å². The Balaban J connectivity index is 1.61. The number of carboxylic acid groups (broad SMARTS) is 1. The van der Waals surface area contributed by atoms with E-state index >= 15 is 0 Å². The van der Waals surface area contributed by atoms with Crippen LogP contribution in [0.25, 0.3) is 11.1 Å². The molecule has 2 amide bonds. The fourth-order valence-corrected chi connectivity index (χ4v) is 4.68. The minimum atomic E-state index is -0.957. The molecule has 0 heterocycles. The van der Waals surface area contributed by atoms with E-state index < -0.39 is 24.0 Å². The van der Waals surface area contributed by atoms with E-state index in [1.807, 2.05) is 52.0 Å². The second kappa shape index (κ2) is 11.4. The molecule has 0 aliphatic heterocycles. The van der Waals surface area contributed by atoms with Crippen LogP contribution in [0.1, 0.15) is 64.0 Å². The number of benzene rings is 2. The first-order valence-electron chi connectivity index (χ1n) is 12.2. The highest BCUT2D eigenvalue weighted by Gasteiger charge is 2.30. The van der Waals surface area contributed by atoms with E-state index in [1.165, 1.54) is 0 Å². The maximum atomic E-state index is 12.9. The van der Waals surface area contributed by atoms with Gasteiger partial charge in [0.25, 0.3) is 0 Å². The Labute approximate surface area is 207 Å². The van der Waals surface area contributed by atoms with Crippen molar-refractivity contribution in [2.45, 2.75) is 58.9 Å². The number of ether oxygens (including phenoxy) is 1. The highest BCUT2D eigenvalue weighted by Crippen LogP contribution is 2.44. The van der Waals surface area contributed by atoms with E-state index in [1.54, 1.807) is 0 Å². The van der Waals surface area contributed by atoms with Crippen LogP contribution in [0.4, 0.5) is 4.79 Å². The lowest BCUT2D eigenvalue weighted by molar-refractivity contribution is -0.137. The van der Waals surface area contributed by atoms with Crippen LogP contribution in [0, 0.1) is 11.3 Å². The van der Waals surface area contributed by atoms with Crippen LogP contribution in [0.3, 0.4) is 0 Å². The van der Waals surface area contributed by atoms with Crippen LogP contribution in [0.5, 0.6) is 0 Å². The fraction of sp³-hybridized carbons (Fsp3) is 0.464. The van der Waals surface area contributed by atoms with Gasteiger partial charge in [-0.15, -0.1) is 0 Å². The topological polar surface area (TPSA) is 105 Å². The zero-order chi connectivity index (χ0) is 25.6. The summed E-state index contributed by atoms with van der Waals surface area (Å²) in [5.41, 5.74) is 4.43. The van der Waals surface area contributed by atoms with Gasteiger partial charge in [-0.25, -0.2) is 4.79 Å². The van der Waals surface area contributed by atoms with Crippen LogP contribution in [-0.2, 0) is 14.3 Å². The maximum Gasteiger partial charge on any atom is 0.407 e. The Morgan fingerprint density at radius 1 is 1.00 bits per heavy atom. The summed E-state index contributed by atoms with van der Waals surface area (Å²) in [5, 5.41) is 14.7. The van der Waals surface area contributed by atoms with Crippen LogP contribution >= 0.6 is 0 Å². The summed E-state index contributed by atoms with van der Waals surface area (Å²) >= 11 is 0.